The lowest BCUT2D eigenvalue weighted by Gasteiger charge is -2.32. The van der Waals surface area contributed by atoms with Crippen molar-refractivity contribution in [2.24, 2.45) is 5.92 Å². The molecule has 0 aromatic heterocycles. The molecule has 3 aromatic rings. The van der Waals surface area contributed by atoms with Crippen LogP contribution in [0.15, 0.2) is 48.5 Å². The number of anilines is 2. The Labute approximate surface area is 222 Å². The van der Waals surface area contributed by atoms with Gasteiger partial charge in [-0.25, -0.2) is 22.0 Å². The van der Waals surface area contributed by atoms with Crippen LogP contribution in [-0.4, -0.2) is 23.0 Å². The second-order valence-corrected chi connectivity index (χ2v) is 9.67. The van der Waals surface area contributed by atoms with Crippen LogP contribution in [0.25, 0.3) is 0 Å². The lowest BCUT2D eigenvalue weighted by Crippen LogP contribution is -2.43. The van der Waals surface area contributed by atoms with Crippen LogP contribution in [0, 0.1) is 41.9 Å². The van der Waals surface area contributed by atoms with Gasteiger partial charge in [0, 0.05) is 0 Å². The highest BCUT2D eigenvalue weighted by Gasteiger charge is 2.34. The molecule has 0 spiro atoms. The smallest absolute Gasteiger partial charge is 0.261 e. The van der Waals surface area contributed by atoms with Crippen molar-refractivity contribution >= 4 is 23.2 Å². The third kappa shape index (κ3) is 5.95. The summed E-state index contributed by atoms with van der Waals surface area (Å²) in [7, 11) is 0. The molecule has 0 saturated heterocycles. The van der Waals surface area contributed by atoms with Crippen LogP contribution >= 0.6 is 0 Å². The fraction of sp³-hybridized carbons (Fsp3) is 0.310. The number of aliphatic hydroxyl groups is 1. The van der Waals surface area contributed by atoms with Gasteiger partial charge in [-0.3, -0.25) is 9.59 Å². The van der Waals surface area contributed by atoms with E-state index in [9.17, 15) is 36.6 Å². The van der Waals surface area contributed by atoms with E-state index in [1.165, 1.54) is 17.0 Å². The number of nitrogens with zero attached hydrogens (tertiary/aromatic N) is 1. The Balaban J connectivity index is 1.75. The molecule has 1 fully saturated rings. The second-order valence-electron chi connectivity index (χ2n) is 9.67. The highest BCUT2D eigenvalue weighted by Crippen LogP contribution is 2.34. The van der Waals surface area contributed by atoms with Gasteiger partial charge in [0.2, 0.25) is 5.82 Å². The van der Waals surface area contributed by atoms with Gasteiger partial charge in [0.15, 0.2) is 23.3 Å². The number of benzene rings is 3. The zero-order valence-electron chi connectivity index (χ0n) is 21.1. The Morgan fingerprint density at radius 1 is 0.897 bits per heavy atom. The van der Waals surface area contributed by atoms with Crippen molar-refractivity contribution in [1.82, 2.24) is 0 Å². The average molecular weight is 547 g/mol. The number of aryl methyl sites for hydroxylation is 1. The zero-order chi connectivity index (χ0) is 28.3. The summed E-state index contributed by atoms with van der Waals surface area (Å²) in [5, 5.41) is 13.2. The molecule has 39 heavy (non-hydrogen) atoms. The molecule has 0 heterocycles. The summed E-state index contributed by atoms with van der Waals surface area (Å²) in [5.41, 5.74) is -0.329. The van der Waals surface area contributed by atoms with Crippen molar-refractivity contribution < 1.29 is 36.6 Å². The highest BCUT2D eigenvalue weighted by atomic mass is 19.2. The van der Waals surface area contributed by atoms with E-state index in [0.717, 1.165) is 19.3 Å². The topological polar surface area (TPSA) is 69.6 Å². The van der Waals surface area contributed by atoms with E-state index in [0.29, 0.717) is 24.0 Å². The lowest BCUT2D eigenvalue weighted by atomic mass is 9.84. The van der Waals surface area contributed by atoms with Crippen LogP contribution in [0.3, 0.4) is 0 Å². The number of hydrogen-bond acceptors (Lipinski definition) is 3. The zero-order valence-corrected chi connectivity index (χ0v) is 21.1. The molecule has 0 bridgehead atoms. The van der Waals surface area contributed by atoms with Gasteiger partial charge in [0.25, 0.3) is 11.8 Å². The summed E-state index contributed by atoms with van der Waals surface area (Å²) < 4.78 is 69.7. The van der Waals surface area contributed by atoms with E-state index in [-0.39, 0.29) is 23.8 Å². The van der Waals surface area contributed by atoms with Crippen LogP contribution < -0.4 is 10.2 Å². The van der Waals surface area contributed by atoms with Crippen LogP contribution in [0.2, 0.25) is 0 Å². The summed E-state index contributed by atoms with van der Waals surface area (Å²) in [4.78, 5) is 27.8. The van der Waals surface area contributed by atoms with Gasteiger partial charge in [-0.1, -0.05) is 55.7 Å². The summed E-state index contributed by atoms with van der Waals surface area (Å²) in [6.07, 6.45) is 2.76. The molecule has 3 aromatic carbocycles. The minimum absolute atomic E-state index is 0.0156. The Morgan fingerprint density at radius 2 is 1.49 bits per heavy atom. The summed E-state index contributed by atoms with van der Waals surface area (Å²) in [6, 6.07) is 13.3. The summed E-state index contributed by atoms with van der Waals surface area (Å²) in [5.74, 6) is -13.9. The third-order valence-electron chi connectivity index (χ3n) is 6.93. The van der Waals surface area contributed by atoms with Crippen molar-refractivity contribution in [1.29, 1.82) is 0 Å². The van der Waals surface area contributed by atoms with Gasteiger partial charge in [0.05, 0.1) is 17.9 Å². The molecule has 1 saturated carbocycles. The van der Waals surface area contributed by atoms with E-state index in [4.69, 9.17) is 0 Å². The van der Waals surface area contributed by atoms with Gasteiger partial charge in [0.1, 0.15) is 11.7 Å². The van der Waals surface area contributed by atoms with Gasteiger partial charge >= 0.3 is 0 Å². The van der Waals surface area contributed by atoms with Crippen molar-refractivity contribution in [3.8, 4) is 0 Å². The van der Waals surface area contributed by atoms with E-state index < -0.39 is 52.6 Å². The summed E-state index contributed by atoms with van der Waals surface area (Å²) >= 11 is 0. The maximum absolute atomic E-state index is 14.3. The molecule has 0 aliphatic heterocycles. The highest BCUT2D eigenvalue weighted by molar-refractivity contribution is 6.08. The number of carbonyl (C=O) groups excluding carboxylic acids is 2. The molecule has 10 heteroatoms. The van der Waals surface area contributed by atoms with Gasteiger partial charge in [-0.2, -0.15) is 0 Å². The lowest BCUT2D eigenvalue weighted by molar-refractivity contribution is -0.130. The molecule has 2 amide bonds. The van der Waals surface area contributed by atoms with Crippen LogP contribution in [0.4, 0.5) is 33.3 Å². The van der Waals surface area contributed by atoms with Crippen molar-refractivity contribution in [2.45, 2.75) is 51.7 Å². The SMILES string of the molecule is Cc1ccc(NC(=O)c2c(F)c(F)c(F)c(F)c2F)c(N(Cc2ccccc2)C(=O)C(O)C2CCCCC2)c1. The molecule has 5 nitrogen and oxygen atoms in total. The third-order valence-corrected chi connectivity index (χ3v) is 6.93. The van der Waals surface area contributed by atoms with Crippen molar-refractivity contribution in [3.63, 3.8) is 0 Å². The average Bonchev–Trinajstić information content (AvgIpc) is 2.95. The number of rotatable bonds is 7. The molecule has 4 rings (SSSR count). The van der Waals surface area contributed by atoms with E-state index in [2.05, 4.69) is 5.32 Å². The van der Waals surface area contributed by atoms with Gasteiger partial charge in [-0.05, 0) is 48.9 Å². The normalized spacial score (nSPS) is 14.6. The molecular formula is C29H27F5N2O3. The number of amides is 2. The Morgan fingerprint density at radius 3 is 2.10 bits per heavy atom. The van der Waals surface area contributed by atoms with Crippen molar-refractivity contribution in [3.05, 3.63) is 94.3 Å². The van der Waals surface area contributed by atoms with Crippen LogP contribution in [0.5, 0.6) is 0 Å². The Bertz CT molecular complexity index is 1350. The predicted molar refractivity (Wildman–Crippen MR) is 136 cm³/mol. The second kappa shape index (κ2) is 11.9. The largest absolute Gasteiger partial charge is 0.383 e. The maximum atomic E-state index is 14.3. The van der Waals surface area contributed by atoms with Crippen LogP contribution in [-0.2, 0) is 11.3 Å². The fourth-order valence-corrected chi connectivity index (χ4v) is 4.82. The minimum Gasteiger partial charge on any atom is -0.383 e. The first-order valence-corrected chi connectivity index (χ1v) is 12.6. The molecule has 1 aliphatic carbocycles. The molecule has 1 aliphatic rings. The molecule has 1 atom stereocenters. The first kappa shape index (κ1) is 28.2. The van der Waals surface area contributed by atoms with E-state index in [1.807, 2.05) is 0 Å². The number of carbonyl (C=O) groups is 2. The Kier molecular flexibility index (Phi) is 8.64. The quantitative estimate of drug-likeness (QED) is 0.204. The monoisotopic (exact) mass is 546 g/mol. The molecule has 1 unspecified atom stereocenters. The fourth-order valence-electron chi connectivity index (χ4n) is 4.82. The van der Waals surface area contributed by atoms with Gasteiger partial charge in [-0.15, -0.1) is 0 Å². The maximum Gasteiger partial charge on any atom is 0.261 e. The first-order valence-electron chi connectivity index (χ1n) is 12.6. The number of aliphatic hydroxyl groups excluding tert-OH is 1. The number of halogens is 5. The van der Waals surface area contributed by atoms with Crippen LogP contribution in [0.1, 0.15) is 53.6 Å². The summed E-state index contributed by atoms with van der Waals surface area (Å²) in [6.45, 7) is 1.69. The van der Waals surface area contributed by atoms with Gasteiger partial charge < -0.3 is 15.3 Å². The predicted octanol–water partition coefficient (Wildman–Crippen LogP) is 6.42. The molecule has 206 valence electrons. The number of nitrogens with one attached hydrogen (secondary N) is 1. The number of hydrogen-bond donors (Lipinski definition) is 2. The molecular weight excluding hydrogens is 519 g/mol. The first-order chi connectivity index (χ1) is 18.6. The molecule has 0 radical (unpaired) electrons. The standard InChI is InChI=1S/C29H27F5N2O3/c1-16-12-13-19(35-28(38)21-22(30)24(32)26(34)25(33)23(21)31)20(14-16)36(15-17-8-4-2-5-9-17)29(39)27(37)18-10-6-3-7-11-18/h2,4-5,8-9,12-14,18,27,37H,3,6-7,10-11,15H2,1H3,(H,35,38). The van der Waals surface area contributed by atoms with E-state index in [1.54, 1.807) is 43.3 Å². The van der Waals surface area contributed by atoms with Crippen molar-refractivity contribution in [2.75, 3.05) is 10.2 Å². The minimum atomic E-state index is -2.38. The molecule has 2 N–H and O–H groups in total. The van der Waals surface area contributed by atoms with E-state index >= 15 is 0 Å². The Hall–Kier alpha value is -3.79.